The van der Waals surface area contributed by atoms with Crippen molar-refractivity contribution in [3.8, 4) is 0 Å². The number of nitrogens with zero attached hydrogens (tertiary/aromatic N) is 3. The standard InChI is InChI=1S/C13H22N6OS/c14-9-1-5-19(6-2-9)13-17-11(15)10(21-13)12(20)18-7-3-16-4-8-18/h9,16H,1-8,14-15H2. The van der Waals surface area contributed by atoms with Crippen LogP contribution in [0.1, 0.15) is 22.5 Å². The molecule has 0 radical (unpaired) electrons. The number of rotatable bonds is 2. The molecule has 0 spiro atoms. The van der Waals surface area contributed by atoms with Crippen molar-refractivity contribution in [3.63, 3.8) is 0 Å². The van der Waals surface area contributed by atoms with Gasteiger partial charge in [0.25, 0.3) is 5.91 Å². The Labute approximate surface area is 128 Å². The minimum Gasteiger partial charge on any atom is -0.382 e. The number of carbonyl (C=O) groups is 1. The summed E-state index contributed by atoms with van der Waals surface area (Å²) >= 11 is 1.41. The molecule has 3 rings (SSSR count). The molecule has 5 N–H and O–H groups in total. The van der Waals surface area contributed by atoms with E-state index in [0.29, 0.717) is 10.7 Å². The van der Waals surface area contributed by atoms with E-state index in [2.05, 4.69) is 15.2 Å². The number of piperidine rings is 1. The molecule has 0 unspecified atom stereocenters. The molecule has 8 heteroatoms. The highest BCUT2D eigenvalue weighted by Gasteiger charge is 2.26. The SMILES string of the molecule is Nc1nc(N2CCC(N)CC2)sc1C(=O)N1CCNCC1. The second-order valence-corrected chi connectivity index (χ2v) is 6.56. The van der Waals surface area contributed by atoms with Gasteiger partial charge in [0.2, 0.25) is 0 Å². The minimum atomic E-state index is 0.00598. The predicted octanol–water partition coefficient (Wildman–Crippen LogP) is -0.302. The average molecular weight is 310 g/mol. The smallest absolute Gasteiger partial charge is 0.267 e. The van der Waals surface area contributed by atoms with Gasteiger partial charge in [-0.15, -0.1) is 0 Å². The van der Waals surface area contributed by atoms with E-state index in [-0.39, 0.29) is 11.9 Å². The summed E-state index contributed by atoms with van der Waals surface area (Å²) in [6.45, 7) is 4.89. The summed E-state index contributed by atoms with van der Waals surface area (Å²) in [4.78, 5) is 21.5. The maximum absolute atomic E-state index is 12.5. The normalized spacial score (nSPS) is 20.8. The Morgan fingerprint density at radius 3 is 2.57 bits per heavy atom. The van der Waals surface area contributed by atoms with Crippen LogP contribution < -0.4 is 21.7 Å². The molecule has 2 aliphatic rings. The van der Waals surface area contributed by atoms with Gasteiger partial charge in [-0.25, -0.2) is 4.98 Å². The summed E-state index contributed by atoms with van der Waals surface area (Å²) in [5, 5.41) is 4.08. The van der Waals surface area contributed by atoms with Gasteiger partial charge in [0.15, 0.2) is 5.13 Å². The molecule has 1 aromatic rings. The number of amides is 1. The summed E-state index contributed by atoms with van der Waals surface area (Å²) in [5.74, 6) is 0.361. The number of piperazine rings is 1. The quantitative estimate of drug-likeness (QED) is 0.693. The van der Waals surface area contributed by atoms with Gasteiger partial charge in [-0.2, -0.15) is 0 Å². The zero-order chi connectivity index (χ0) is 14.8. The molecule has 2 saturated heterocycles. The summed E-state index contributed by atoms with van der Waals surface area (Å²) in [6, 6.07) is 0.278. The van der Waals surface area contributed by atoms with Crippen LogP contribution in [0.3, 0.4) is 0 Å². The van der Waals surface area contributed by atoms with Crippen LogP contribution >= 0.6 is 11.3 Å². The van der Waals surface area contributed by atoms with Crippen LogP contribution in [0.4, 0.5) is 10.9 Å². The van der Waals surface area contributed by atoms with Crippen LogP contribution in [0.25, 0.3) is 0 Å². The highest BCUT2D eigenvalue weighted by Crippen LogP contribution is 2.30. The van der Waals surface area contributed by atoms with Gasteiger partial charge in [-0.05, 0) is 12.8 Å². The average Bonchev–Trinajstić information content (AvgIpc) is 2.90. The molecule has 0 saturated carbocycles. The Balaban J connectivity index is 1.73. The summed E-state index contributed by atoms with van der Waals surface area (Å²) in [5.41, 5.74) is 11.9. The number of nitrogens with one attached hydrogen (secondary N) is 1. The lowest BCUT2D eigenvalue weighted by atomic mass is 10.1. The van der Waals surface area contributed by atoms with Crippen LogP contribution in [0.15, 0.2) is 0 Å². The van der Waals surface area contributed by atoms with Gasteiger partial charge in [0, 0.05) is 45.3 Å². The molecule has 7 nitrogen and oxygen atoms in total. The van der Waals surface area contributed by atoms with Crippen LogP contribution in [0.5, 0.6) is 0 Å². The van der Waals surface area contributed by atoms with Crippen LogP contribution in [-0.2, 0) is 0 Å². The van der Waals surface area contributed by atoms with Crippen molar-refractivity contribution in [2.45, 2.75) is 18.9 Å². The van der Waals surface area contributed by atoms with E-state index in [1.807, 2.05) is 4.90 Å². The highest BCUT2D eigenvalue weighted by molar-refractivity contribution is 7.18. The fraction of sp³-hybridized carbons (Fsp3) is 0.692. The van der Waals surface area contributed by atoms with E-state index in [1.54, 1.807) is 0 Å². The van der Waals surface area contributed by atoms with Crippen molar-refractivity contribution in [2.24, 2.45) is 5.73 Å². The van der Waals surface area contributed by atoms with E-state index in [0.717, 1.165) is 57.2 Å². The lowest BCUT2D eigenvalue weighted by Gasteiger charge is -2.29. The van der Waals surface area contributed by atoms with Crippen molar-refractivity contribution >= 4 is 28.2 Å². The van der Waals surface area contributed by atoms with Crippen molar-refractivity contribution < 1.29 is 4.79 Å². The van der Waals surface area contributed by atoms with Gasteiger partial charge < -0.3 is 26.6 Å². The minimum absolute atomic E-state index is 0.00598. The first kappa shape index (κ1) is 14.6. The van der Waals surface area contributed by atoms with E-state index < -0.39 is 0 Å². The van der Waals surface area contributed by atoms with Crippen molar-refractivity contribution in [2.75, 3.05) is 49.9 Å². The second kappa shape index (κ2) is 6.17. The fourth-order valence-electron chi connectivity index (χ4n) is 2.71. The Morgan fingerprint density at radius 1 is 1.24 bits per heavy atom. The lowest BCUT2D eigenvalue weighted by Crippen LogP contribution is -2.46. The van der Waals surface area contributed by atoms with Crippen molar-refractivity contribution in [3.05, 3.63) is 4.88 Å². The molecule has 0 aromatic carbocycles. The van der Waals surface area contributed by atoms with Crippen LogP contribution in [-0.4, -0.2) is 61.1 Å². The summed E-state index contributed by atoms with van der Waals surface area (Å²) in [7, 11) is 0. The third-order valence-electron chi connectivity index (χ3n) is 4.05. The van der Waals surface area contributed by atoms with Gasteiger partial charge in [-0.1, -0.05) is 11.3 Å². The number of hydrogen-bond donors (Lipinski definition) is 3. The zero-order valence-electron chi connectivity index (χ0n) is 12.0. The largest absolute Gasteiger partial charge is 0.382 e. The van der Waals surface area contributed by atoms with Gasteiger partial charge in [0.05, 0.1) is 0 Å². The lowest BCUT2D eigenvalue weighted by molar-refractivity contribution is 0.0741. The van der Waals surface area contributed by atoms with Crippen molar-refractivity contribution in [1.82, 2.24) is 15.2 Å². The number of aromatic nitrogens is 1. The molecular weight excluding hydrogens is 288 g/mol. The van der Waals surface area contributed by atoms with Gasteiger partial charge in [-0.3, -0.25) is 4.79 Å². The first-order valence-corrected chi connectivity index (χ1v) is 8.23. The molecular formula is C13H22N6OS. The molecule has 0 aliphatic carbocycles. The number of nitrogen functional groups attached to an aromatic ring is 1. The zero-order valence-corrected chi connectivity index (χ0v) is 12.9. The Kier molecular flexibility index (Phi) is 4.27. The van der Waals surface area contributed by atoms with Crippen LogP contribution in [0, 0.1) is 0 Å². The maximum atomic E-state index is 12.5. The second-order valence-electron chi connectivity index (χ2n) is 5.58. The molecule has 3 heterocycles. The van der Waals surface area contributed by atoms with E-state index in [9.17, 15) is 4.79 Å². The van der Waals surface area contributed by atoms with Crippen LogP contribution in [0.2, 0.25) is 0 Å². The molecule has 0 atom stereocenters. The fourth-order valence-corrected chi connectivity index (χ4v) is 3.72. The molecule has 0 bridgehead atoms. The Hall–Kier alpha value is -1.38. The summed E-state index contributed by atoms with van der Waals surface area (Å²) < 4.78 is 0. The van der Waals surface area contributed by atoms with E-state index in [1.165, 1.54) is 11.3 Å². The Morgan fingerprint density at radius 2 is 1.90 bits per heavy atom. The molecule has 2 aliphatic heterocycles. The topological polar surface area (TPSA) is 101 Å². The maximum Gasteiger partial charge on any atom is 0.267 e. The first-order chi connectivity index (χ1) is 10.1. The Bertz CT molecular complexity index is 505. The third-order valence-corrected chi connectivity index (χ3v) is 5.17. The third kappa shape index (κ3) is 3.12. The number of anilines is 2. The number of carbonyl (C=O) groups excluding carboxylic acids is 1. The highest BCUT2D eigenvalue weighted by atomic mass is 32.1. The predicted molar refractivity (Wildman–Crippen MR) is 84.7 cm³/mol. The molecule has 2 fully saturated rings. The molecule has 21 heavy (non-hydrogen) atoms. The number of hydrogen-bond acceptors (Lipinski definition) is 7. The van der Waals surface area contributed by atoms with E-state index in [4.69, 9.17) is 11.5 Å². The van der Waals surface area contributed by atoms with E-state index >= 15 is 0 Å². The van der Waals surface area contributed by atoms with Gasteiger partial charge >= 0.3 is 0 Å². The monoisotopic (exact) mass is 310 g/mol. The first-order valence-electron chi connectivity index (χ1n) is 7.42. The summed E-state index contributed by atoms with van der Waals surface area (Å²) in [6.07, 6.45) is 1.92. The molecule has 1 amide bonds. The molecule has 116 valence electrons. The number of thiazole rings is 1. The molecule has 1 aromatic heterocycles. The van der Waals surface area contributed by atoms with Crippen molar-refractivity contribution in [1.29, 1.82) is 0 Å². The number of nitrogens with two attached hydrogens (primary N) is 2. The van der Waals surface area contributed by atoms with Gasteiger partial charge in [0.1, 0.15) is 10.7 Å².